The van der Waals surface area contributed by atoms with E-state index in [-0.39, 0.29) is 5.91 Å². The van der Waals surface area contributed by atoms with E-state index in [1.807, 2.05) is 18.7 Å². The van der Waals surface area contributed by atoms with Gasteiger partial charge in [0.15, 0.2) is 0 Å². The van der Waals surface area contributed by atoms with Crippen molar-refractivity contribution in [3.8, 4) is 5.69 Å². The van der Waals surface area contributed by atoms with Crippen LogP contribution in [0.15, 0.2) is 52.1 Å². The summed E-state index contributed by atoms with van der Waals surface area (Å²) in [5, 5.41) is 0.861. The van der Waals surface area contributed by atoms with Crippen molar-refractivity contribution in [2.75, 3.05) is 13.1 Å². The van der Waals surface area contributed by atoms with Crippen LogP contribution in [0.4, 0.5) is 0 Å². The van der Waals surface area contributed by atoms with Gasteiger partial charge in [0.1, 0.15) is 6.04 Å². The first kappa shape index (κ1) is 20.4. The molecule has 1 unspecified atom stereocenters. The second kappa shape index (κ2) is 8.11. The van der Waals surface area contributed by atoms with Gasteiger partial charge in [0.05, 0.1) is 16.6 Å². The molecule has 1 amide bonds. The third-order valence-corrected chi connectivity index (χ3v) is 6.22. The molecule has 0 aliphatic carbocycles. The zero-order valence-electron chi connectivity index (χ0n) is 17.1. The lowest BCUT2D eigenvalue weighted by Crippen LogP contribution is -2.45. The molecule has 1 aromatic heterocycles. The summed E-state index contributed by atoms with van der Waals surface area (Å²) in [5.74, 6) is -0.0746. The second-order valence-corrected chi connectivity index (χ2v) is 8.11. The number of aromatic nitrogens is 2. The third kappa shape index (κ3) is 3.35. The minimum Gasteiger partial charge on any atom is -0.341 e. The molecule has 2 aromatic carbocycles. The van der Waals surface area contributed by atoms with Crippen molar-refractivity contribution < 1.29 is 4.79 Å². The first-order valence-electron chi connectivity index (χ1n) is 10.3. The SMILES string of the molecule is CCC(C(=O)N1CCCC1)n1c(=O)n(-c2ccc(C)c(Cl)c2)c(=O)c2ccccc21. The molecule has 1 fully saturated rings. The standard InChI is InChI=1S/C23H24ClN3O3/c1-3-19(22(29)25-12-6-7-13-25)27-20-9-5-4-8-17(20)21(28)26(23(27)30)16-11-10-15(2)18(24)14-16/h4-5,8-11,14,19H,3,6-7,12-13H2,1-2H3. The van der Waals surface area contributed by atoms with E-state index in [0.29, 0.717) is 41.1 Å². The molecule has 1 aliphatic rings. The molecule has 6 nitrogen and oxygen atoms in total. The highest BCUT2D eigenvalue weighted by Crippen LogP contribution is 2.23. The fourth-order valence-corrected chi connectivity index (χ4v) is 4.32. The molecule has 3 aromatic rings. The zero-order valence-corrected chi connectivity index (χ0v) is 17.9. The van der Waals surface area contributed by atoms with Crippen LogP contribution in [0.25, 0.3) is 16.6 Å². The maximum atomic E-state index is 13.6. The van der Waals surface area contributed by atoms with E-state index in [9.17, 15) is 14.4 Å². The average molecular weight is 426 g/mol. The van der Waals surface area contributed by atoms with Crippen LogP contribution in [0.2, 0.25) is 5.02 Å². The van der Waals surface area contributed by atoms with Crippen LogP contribution in [0, 0.1) is 6.92 Å². The molecule has 0 spiro atoms. The van der Waals surface area contributed by atoms with E-state index in [1.54, 1.807) is 42.5 Å². The Bertz CT molecular complexity index is 1240. The van der Waals surface area contributed by atoms with E-state index in [4.69, 9.17) is 11.6 Å². The summed E-state index contributed by atoms with van der Waals surface area (Å²) in [6.45, 7) is 5.15. The Kier molecular flexibility index (Phi) is 5.52. The van der Waals surface area contributed by atoms with Crippen LogP contribution in [-0.4, -0.2) is 33.0 Å². The molecule has 156 valence electrons. The largest absolute Gasteiger partial charge is 0.341 e. The van der Waals surface area contributed by atoms with Crippen molar-refractivity contribution in [1.29, 1.82) is 0 Å². The van der Waals surface area contributed by atoms with Crippen molar-refractivity contribution in [2.24, 2.45) is 0 Å². The molecule has 7 heteroatoms. The molecule has 0 radical (unpaired) electrons. The molecule has 30 heavy (non-hydrogen) atoms. The van der Waals surface area contributed by atoms with E-state index < -0.39 is 17.3 Å². The van der Waals surface area contributed by atoms with E-state index in [2.05, 4.69) is 0 Å². The molecule has 1 saturated heterocycles. The van der Waals surface area contributed by atoms with Crippen molar-refractivity contribution in [1.82, 2.24) is 14.0 Å². The number of hydrogen-bond acceptors (Lipinski definition) is 3. The van der Waals surface area contributed by atoms with Gasteiger partial charge in [0.25, 0.3) is 5.56 Å². The Labute approximate surface area is 179 Å². The normalized spacial score (nSPS) is 15.0. The quantitative estimate of drug-likeness (QED) is 0.640. The molecule has 0 saturated carbocycles. The molecule has 4 rings (SSSR count). The zero-order chi connectivity index (χ0) is 21.4. The number of halogens is 1. The number of benzene rings is 2. The Hall–Kier alpha value is -2.86. The first-order chi connectivity index (χ1) is 14.4. The molecule has 1 aliphatic heterocycles. The molecular weight excluding hydrogens is 402 g/mol. The minimum atomic E-state index is -0.673. The van der Waals surface area contributed by atoms with Crippen LogP contribution >= 0.6 is 11.6 Å². The van der Waals surface area contributed by atoms with E-state index in [0.717, 1.165) is 23.0 Å². The highest BCUT2D eigenvalue weighted by atomic mass is 35.5. The van der Waals surface area contributed by atoms with Gasteiger partial charge in [0.2, 0.25) is 5.91 Å². The minimum absolute atomic E-state index is 0.0746. The van der Waals surface area contributed by atoms with Gasteiger partial charge in [-0.05, 0) is 56.0 Å². The molecular formula is C23H24ClN3O3. The Morgan fingerprint density at radius 3 is 2.47 bits per heavy atom. The predicted octanol–water partition coefficient (Wildman–Crippen LogP) is 3.69. The lowest BCUT2D eigenvalue weighted by molar-refractivity contribution is -0.133. The number of nitrogens with zero attached hydrogens (tertiary/aromatic N) is 3. The Balaban J connectivity index is 2.01. The van der Waals surface area contributed by atoms with E-state index in [1.165, 1.54) is 4.57 Å². The van der Waals surface area contributed by atoms with Crippen molar-refractivity contribution in [3.63, 3.8) is 0 Å². The Morgan fingerprint density at radius 1 is 1.10 bits per heavy atom. The van der Waals surface area contributed by atoms with Gasteiger partial charge in [-0.2, -0.15) is 0 Å². The highest BCUT2D eigenvalue weighted by Gasteiger charge is 2.29. The first-order valence-corrected chi connectivity index (χ1v) is 10.6. The maximum Gasteiger partial charge on any atom is 0.336 e. The van der Waals surface area contributed by atoms with Crippen molar-refractivity contribution in [3.05, 3.63) is 73.9 Å². The van der Waals surface area contributed by atoms with Crippen molar-refractivity contribution >= 4 is 28.4 Å². The van der Waals surface area contributed by atoms with Gasteiger partial charge in [-0.15, -0.1) is 0 Å². The van der Waals surface area contributed by atoms with E-state index >= 15 is 0 Å². The molecule has 0 bridgehead atoms. The second-order valence-electron chi connectivity index (χ2n) is 7.70. The highest BCUT2D eigenvalue weighted by molar-refractivity contribution is 6.31. The number of amides is 1. The van der Waals surface area contributed by atoms with Crippen LogP contribution in [0.3, 0.4) is 0 Å². The number of hydrogen-bond donors (Lipinski definition) is 0. The maximum absolute atomic E-state index is 13.6. The predicted molar refractivity (Wildman–Crippen MR) is 119 cm³/mol. The monoisotopic (exact) mass is 425 g/mol. The fraction of sp³-hybridized carbons (Fsp3) is 0.348. The van der Waals surface area contributed by atoms with Crippen LogP contribution in [0.5, 0.6) is 0 Å². The Morgan fingerprint density at radius 2 is 1.80 bits per heavy atom. The number of carbonyl (C=O) groups excluding carboxylic acids is 1. The number of rotatable bonds is 4. The van der Waals surface area contributed by atoms with Gasteiger partial charge in [-0.3, -0.25) is 14.2 Å². The van der Waals surface area contributed by atoms with Gasteiger partial charge in [0, 0.05) is 18.1 Å². The number of fused-ring (bicyclic) bond motifs is 1. The van der Waals surface area contributed by atoms with Crippen molar-refractivity contribution in [2.45, 2.75) is 39.2 Å². The van der Waals surface area contributed by atoms with Crippen LogP contribution in [0.1, 0.15) is 37.8 Å². The summed E-state index contributed by atoms with van der Waals surface area (Å²) >= 11 is 6.27. The summed E-state index contributed by atoms with van der Waals surface area (Å²) in [4.78, 5) is 42.0. The summed E-state index contributed by atoms with van der Waals surface area (Å²) in [6, 6.07) is 11.4. The summed E-state index contributed by atoms with van der Waals surface area (Å²) in [6.07, 6.45) is 2.39. The lowest BCUT2D eigenvalue weighted by atomic mass is 10.1. The van der Waals surface area contributed by atoms with Gasteiger partial charge < -0.3 is 4.90 Å². The molecule has 0 N–H and O–H groups in total. The smallest absolute Gasteiger partial charge is 0.336 e. The van der Waals surface area contributed by atoms with Gasteiger partial charge in [-0.25, -0.2) is 9.36 Å². The third-order valence-electron chi connectivity index (χ3n) is 5.81. The summed E-state index contributed by atoms with van der Waals surface area (Å²) < 4.78 is 2.60. The number of likely N-dealkylation sites (tertiary alicyclic amines) is 1. The summed E-state index contributed by atoms with van der Waals surface area (Å²) in [7, 11) is 0. The molecule has 2 heterocycles. The van der Waals surface area contributed by atoms with Crippen LogP contribution in [-0.2, 0) is 4.79 Å². The topological polar surface area (TPSA) is 64.3 Å². The van der Waals surface area contributed by atoms with Crippen LogP contribution < -0.4 is 11.2 Å². The summed E-state index contributed by atoms with van der Waals surface area (Å²) in [5.41, 5.74) is 0.767. The number of para-hydroxylation sites is 1. The van der Waals surface area contributed by atoms with Gasteiger partial charge in [-0.1, -0.05) is 36.7 Å². The lowest BCUT2D eigenvalue weighted by Gasteiger charge is -2.25. The average Bonchev–Trinajstić information content (AvgIpc) is 3.28. The number of aryl methyl sites for hydroxylation is 1. The fourth-order valence-electron chi connectivity index (χ4n) is 4.15. The van der Waals surface area contributed by atoms with Gasteiger partial charge >= 0.3 is 5.69 Å². The molecule has 1 atom stereocenters. The number of carbonyl (C=O) groups is 1.